The van der Waals surface area contributed by atoms with Crippen molar-refractivity contribution in [3.63, 3.8) is 0 Å². The Morgan fingerprint density at radius 1 is 1.53 bits per heavy atom. The van der Waals surface area contributed by atoms with Crippen molar-refractivity contribution in [2.45, 2.75) is 26.3 Å². The maximum atomic E-state index is 12.5. The van der Waals surface area contributed by atoms with Gasteiger partial charge in [0.1, 0.15) is 5.75 Å². The minimum Gasteiger partial charge on any atom is -0.494 e. The summed E-state index contributed by atoms with van der Waals surface area (Å²) in [5.74, 6) is 0.867. The third-order valence-corrected chi connectivity index (χ3v) is 3.32. The van der Waals surface area contributed by atoms with Gasteiger partial charge in [0.2, 0.25) is 0 Å². The van der Waals surface area contributed by atoms with Crippen LogP contribution in [0.5, 0.6) is 5.75 Å². The minimum absolute atomic E-state index is 0.0935. The zero-order valence-corrected chi connectivity index (χ0v) is 11.7. The molecule has 104 valence electrons. The highest BCUT2D eigenvalue weighted by Crippen LogP contribution is 2.17. The Labute approximate surface area is 114 Å². The topological polar surface area (TPSA) is 41.6 Å². The van der Waals surface area contributed by atoms with E-state index in [9.17, 15) is 4.79 Å². The van der Waals surface area contributed by atoms with Gasteiger partial charge in [0.05, 0.1) is 6.61 Å². The number of amides is 1. The van der Waals surface area contributed by atoms with Gasteiger partial charge in [0, 0.05) is 31.2 Å². The molecule has 1 aromatic carbocycles. The first-order chi connectivity index (χ1) is 9.22. The number of carbonyl (C=O) groups is 1. The van der Waals surface area contributed by atoms with Gasteiger partial charge in [0.25, 0.3) is 5.91 Å². The van der Waals surface area contributed by atoms with Crippen molar-refractivity contribution >= 4 is 5.91 Å². The molecule has 1 atom stereocenters. The number of rotatable bonds is 4. The van der Waals surface area contributed by atoms with Crippen molar-refractivity contribution in [1.29, 1.82) is 0 Å². The molecule has 1 aliphatic rings. The molecule has 0 spiro atoms. The van der Waals surface area contributed by atoms with Crippen LogP contribution in [0.15, 0.2) is 24.3 Å². The lowest BCUT2D eigenvalue weighted by Crippen LogP contribution is -2.52. The van der Waals surface area contributed by atoms with Gasteiger partial charge in [-0.25, -0.2) is 0 Å². The molecule has 0 aromatic heterocycles. The number of benzene rings is 1. The van der Waals surface area contributed by atoms with E-state index in [-0.39, 0.29) is 11.9 Å². The smallest absolute Gasteiger partial charge is 0.254 e. The monoisotopic (exact) mass is 262 g/mol. The van der Waals surface area contributed by atoms with Gasteiger partial charge in [0.15, 0.2) is 0 Å². The van der Waals surface area contributed by atoms with Crippen LogP contribution in [0, 0.1) is 0 Å². The molecule has 1 N–H and O–H groups in total. The van der Waals surface area contributed by atoms with Crippen LogP contribution in [0.3, 0.4) is 0 Å². The molecule has 0 bridgehead atoms. The highest BCUT2D eigenvalue weighted by atomic mass is 16.5. The van der Waals surface area contributed by atoms with Crippen molar-refractivity contribution in [2.75, 3.05) is 26.2 Å². The molecule has 4 heteroatoms. The van der Waals surface area contributed by atoms with E-state index in [1.165, 1.54) is 0 Å². The molecule has 0 aliphatic carbocycles. The lowest BCUT2D eigenvalue weighted by Gasteiger charge is -2.34. The van der Waals surface area contributed by atoms with Crippen molar-refractivity contribution in [3.8, 4) is 5.75 Å². The van der Waals surface area contributed by atoms with Gasteiger partial charge >= 0.3 is 0 Å². The van der Waals surface area contributed by atoms with E-state index >= 15 is 0 Å². The second-order valence-corrected chi connectivity index (χ2v) is 4.93. The average molecular weight is 262 g/mol. The summed E-state index contributed by atoms with van der Waals surface area (Å²) in [6.07, 6.45) is 0.965. The van der Waals surface area contributed by atoms with Crippen molar-refractivity contribution < 1.29 is 9.53 Å². The molecule has 1 heterocycles. The maximum Gasteiger partial charge on any atom is 0.254 e. The summed E-state index contributed by atoms with van der Waals surface area (Å²) < 4.78 is 5.58. The molecule has 0 unspecified atom stereocenters. The molecule has 0 saturated carbocycles. The number of nitrogens with one attached hydrogen (secondary N) is 1. The molecule has 1 amide bonds. The summed E-state index contributed by atoms with van der Waals surface area (Å²) in [6, 6.07) is 7.71. The number of hydrogen-bond donors (Lipinski definition) is 1. The van der Waals surface area contributed by atoms with Crippen molar-refractivity contribution in [3.05, 3.63) is 29.8 Å². The van der Waals surface area contributed by atoms with Crippen LogP contribution in [-0.2, 0) is 0 Å². The Morgan fingerprint density at radius 2 is 2.37 bits per heavy atom. The van der Waals surface area contributed by atoms with Gasteiger partial charge in [-0.2, -0.15) is 0 Å². The maximum absolute atomic E-state index is 12.5. The third kappa shape index (κ3) is 3.47. The van der Waals surface area contributed by atoms with Crippen molar-refractivity contribution in [1.82, 2.24) is 10.2 Å². The quantitative estimate of drug-likeness (QED) is 0.901. The summed E-state index contributed by atoms with van der Waals surface area (Å²) in [5, 5.41) is 3.29. The predicted octanol–water partition coefficient (Wildman–Crippen LogP) is 1.91. The molecule has 1 aliphatic heterocycles. The van der Waals surface area contributed by atoms with Crippen LogP contribution in [0.25, 0.3) is 0 Å². The first-order valence-electron chi connectivity index (χ1n) is 6.97. The Balaban J connectivity index is 2.09. The highest BCUT2D eigenvalue weighted by molar-refractivity contribution is 5.94. The zero-order valence-electron chi connectivity index (χ0n) is 11.7. The van der Waals surface area contributed by atoms with Gasteiger partial charge in [-0.3, -0.25) is 4.79 Å². The SMILES string of the molecule is CCCOc1cccc(C(=O)N2CCNC[C@H]2C)c1. The molecule has 4 nitrogen and oxygen atoms in total. The third-order valence-electron chi connectivity index (χ3n) is 3.32. The molecule has 1 aromatic rings. The Bertz CT molecular complexity index is 434. The van der Waals surface area contributed by atoms with Crippen LogP contribution >= 0.6 is 0 Å². The van der Waals surface area contributed by atoms with Gasteiger partial charge in [-0.15, -0.1) is 0 Å². The van der Waals surface area contributed by atoms with E-state index in [4.69, 9.17) is 4.74 Å². The first kappa shape index (κ1) is 13.9. The number of nitrogens with zero attached hydrogens (tertiary/aromatic N) is 1. The number of carbonyl (C=O) groups excluding carboxylic acids is 1. The lowest BCUT2D eigenvalue weighted by atomic mass is 10.1. The number of piperazine rings is 1. The van der Waals surface area contributed by atoms with Crippen LogP contribution in [0.4, 0.5) is 0 Å². The van der Waals surface area contributed by atoms with E-state index in [1.807, 2.05) is 29.2 Å². The molecule has 1 fully saturated rings. The second kappa shape index (κ2) is 6.57. The fourth-order valence-electron chi connectivity index (χ4n) is 2.25. The molecule has 2 rings (SSSR count). The largest absolute Gasteiger partial charge is 0.494 e. The van der Waals surface area contributed by atoms with Crippen LogP contribution in [0.1, 0.15) is 30.6 Å². The van der Waals surface area contributed by atoms with E-state index < -0.39 is 0 Å². The number of ether oxygens (including phenoxy) is 1. The van der Waals surface area contributed by atoms with E-state index in [0.29, 0.717) is 12.2 Å². The standard InChI is InChI=1S/C15H22N2O2/c1-3-9-19-14-6-4-5-13(10-14)15(18)17-8-7-16-11-12(17)2/h4-6,10,12,16H,3,7-9,11H2,1-2H3/t12-/m1/s1. The lowest BCUT2D eigenvalue weighted by molar-refractivity contribution is 0.0655. The summed E-state index contributed by atoms with van der Waals surface area (Å²) in [6.45, 7) is 7.31. The summed E-state index contributed by atoms with van der Waals surface area (Å²) in [4.78, 5) is 14.4. The first-order valence-corrected chi connectivity index (χ1v) is 6.97. The minimum atomic E-state index is 0.0935. The van der Waals surface area contributed by atoms with Gasteiger partial charge < -0.3 is 15.0 Å². The Morgan fingerprint density at radius 3 is 3.11 bits per heavy atom. The molecular formula is C15H22N2O2. The molecule has 1 saturated heterocycles. The van der Waals surface area contributed by atoms with Crippen LogP contribution in [-0.4, -0.2) is 43.1 Å². The Hall–Kier alpha value is -1.55. The predicted molar refractivity (Wildman–Crippen MR) is 75.6 cm³/mol. The van der Waals surface area contributed by atoms with E-state index in [2.05, 4.69) is 19.2 Å². The summed E-state index contributed by atoms with van der Waals surface area (Å²) in [5.41, 5.74) is 0.711. The molecule has 19 heavy (non-hydrogen) atoms. The molecule has 0 radical (unpaired) electrons. The highest BCUT2D eigenvalue weighted by Gasteiger charge is 2.24. The Kier molecular flexibility index (Phi) is 4.80. The normalized spacial score (nSPS) is 19.3. The fourth-order valence-corrected chi connectivity index (χ4v) is 2.25. The van der Waals surface area contributed by atoms with Crippen molar-refractivity contribution in [2.24, 2.45) is 0 Å². The fraction of sp³-hybridized carbons (Fsp3) is 0.533. The zero-order chi connectivity index (χ0) is 13.7. The van der Waals surface area contributed by atoms with Crippen LogP contribution in [0.2, 0.25) is 0 Å². The second-order valence-electron chi connectivity index (χ2n) is 4.93. The van der Waals surface area contributed by atoms with Crippen LogP contribution < -0.4 is 10.1 Å². The average Bonchev–Trinajstić information content (AvgIpc) is 2.45. The summed E-state index contributed by atoms with van der Waals surface area (Å²) in [7, 11) is 0. The molecular weight excluding hydrogens is 240 g/mol. The number of hydrogen-bond acceptors (Lipinski definition) is 3. The van der Waals surface area contributed by atoms with E-state index in [1.54, 1.807) is 0 Å². The van der Waals surface area contributed by atoms with Gasteiger partial charge in [-0.05, 0) is 31.5 Å². The van der Waals surface area contributed by atoms with E-state index in [0.717, 1.165) is 31.8 Å². The summed E-state index contributed by atoms with van der Waals surface area (Å²) >= 11 is 0. The van der Waals surface area contributed by atoms with Gasteiger partial charge in [-0.1, -0.05) is 13.0 Å².